The van der Waals surface area contributed by atoms with Crippen LogP contribution in [0.25, 0.3) is 72.5 Å². The number of benzene rings is 7. The van der Waals surface area contributed by atoms with Crippen molar-refractivity contribution >= 4 is 40.0 Å². The molecule has 1 heterocycles. The average molecular weight is 673 g/mol. The summed E-state index contributed by atoms with van der Waals surface area (Å²) < 4.78 is 12.9. The number of hydrogen-bond donors (Lipinski definition) is 0. The van der Waals surface area contributed by atoms with Gasteiger partial charge >= 0.3 is 0 Å². The molecule has 0 N–H and O–H groups in total. The van der Waals surface area contributed by atoms with Crippen molar-refractivity contribution < 1.29 is 9.15 Å². The molecule has 0 fully saturated rings. The Balaban J connectivity index is 1.24. The van der Waals surface area contributed by atoms with E-state index in [1.807, 2.05) is 61.5 Å². The van der Waals surface area contributed by atoms with E-state index in [1.165, 1.54) is 33.2 Å². The summed E-state index contributed by atoms with van der Waals surface area (Å²) >= 11 is 0. The molecule has 4 heteroatoms. The van der Waals surface area contributed by atoms with Crippen LogP contribution < -0.4 is 4.74 Å². The van der Waals surface area contributed by atoms with Crippen LogP contribution in [0.15, 0.2) is 161 Å². The van der Waals surface area contributed by atoms with E-state index < -0.39 is 0 Å². The van der Waals surface area contributed by atoms with Gasteiger partial charge in [0, 0.05) is 16.5 Å². The smallest absolute Gasteiger partial charge is 0.227 e. The summed E-state index contributed by atoms with van der Waals surface area (Å²) in [6.07, 6.45) is 1.98. The summed E-state index contributed by atoms with van der Waals surface area (Å²) in [6.45, 7) is 10.4. The molecule has 1 aliphatic carbocycles. The summed E-state index contributed by atoms with van der Waals surface area (Å²) in [5, 5.41) is 2.32. The molecule has 1 aromatic heterocycles. The second kappa shape index (κ2) is 12.4. The second-order valence-electron chi connectivity index (χ2n) is 13.8. The highest BCUT2D eigenvalue weighted by Gasteiger charge is 2.35. The van der Waals surface area contributed by atoms with Crippen LogP contribution in [-0.2, 0) is 5.41 Å². The third-order valence-electron chi connectivity index (χ3n) is 10.4. The van der Waals surface area contributed by atoms with Crippen LogP contribution in [0, 0.1) is 0 Å². The van der Waals surface area contributed by atoms with Crippen molar-refractivity contribution in [1.29, 1.82) is 0 Å². The highest BCUT2D eigenvalue weighted by Crippen LogP contribution is 2.50. The van der Waals surface area contributed by atoms with Gasteiger partial charge in [0.25, 0.3) is 0 Å². The van der Waals surface area contributed by atoms with Gasteiger partial charge in [0.15, 0.2) is 11.3 Å². The maximum Gasteiger partial charge on any atom is 0.227 e. The summed E-state index contributed by atoms with van der Waals surface area (Å²) in [6, 6.07) is 50.9. The first-order valence-electron chi connectivity index (χ1n) is 17.6. The van der Waals surface area contributed by atoms with Gasteiger partial charge in [-0.05, 0) is 136 Å². The number of fused-ring (bicyclic) bond motifs is 5. The molecule has 52 heavy (non-hydrogen) atoms. The largest absolute Gasteiger partial charge is 0.455 e. The maximum atomic E-state index is 6.56. The minimum absolute atomic E-state index is 0.0902. The number of hydrogen-bond acceptors (Lipinski definition) is 4. The van der Waals surface area contributed by atoms with Gasteiger partial charge in [0.1, 0.15) is 17.0 Å². The Morgan fingerprint density at radius 2 is 1.42 bits per heavy atom. The fourth-order valence-corrected chi connectivity index (χ4v) is 7.72. The van der Waals surface area contributed by atoms with Gasteiger partial charge in [-0.2, -0.15) is 0 Å². The Bertz CT molecular complexity index is 2700. The number of rotatable bonds is 7. The minimum Gasteiger partial charge on any atom is -0.455 e. The monoisotopic (exact) mass is 672 g/mol. The molecule has 0 atom stereocenters. The molecule has 0 saturated carbocycles. The van der Waals surface area contributed by atoms with Crippen LogP contribution in [0.4, 0.5) is 5.69 Å². The molecule has 0 bridgehead atoms. The first-order valence-corrected chi connectivity index (χ1v) is 17.6. The zero-order valence-corrected chi connectivity index (χ0v) is 29.4. The van der Waals surface area contributed by atoms with Gasteiger partial charge in [-0.1, -0.05) is 98.8 Å². The molecule has 1 aliphatic rings. The van der Waals surface area contributed by atoms with Crippen LogP contribution in [0.1, 0.15) is 37.5 Å². The maximum absolute atomic E-state index is 6.56. The van der Waals surface area contributed by atoms with E-state index in [1.54, 1.807) is 0 Å². The van der Waals surface area contributed by atoms with Crippen LogP contribution >= 0.6 is 0 Å². The number of nitrogens with zero attached hydrogens (tertiary/aromatic N) is 2. The molecule has 0 saturated heterocycles. The molecule has 9 rings (SSSR count). The lowest BCUT2D eigenvalue weighted by Gasteiger charge is -2.22. The highest BCUT2D eigenvalue weighted by molar-refractivity contribution is 6.01. The fourth-order valence-electron chi connectivity index (χ4n) is 7.72. The van der Waals surface area contributed by atoms with Crippen LogP contribution in [-0.4, -0.2) is 11.7 Å². The molecule has 0 amide bonds. The lowest BCUT2D eigenvalue weighted by Crippen LogP contribution is -2.14. The standard InChI is InChI=1S/C48H36N2O2/c1-5-44(51-45-20-12-10-18-42(45)49-4)34-25-33(26-35(27-34)47-50-43-19-11-13-21-46(43)52-47)39-28-32(24-31-14-6-7-15-36(31)39)30-22-23-38-37-16-8-9-17-40(37)48(2,3)41(38)29-30/h5-29H,4H2,1-3H3/b44-5+. The Morgan fingerprint density at radius 1 is 0.673 bits per heavy atom. The first-order chi connectivity index (χ1) is 25.4. The molecule has 0 aliphatic heterocycles. The minimum atomic E-state index is -0.0902. The van der Waals surface area contributed by atoms with E-state index in [-0.39, 0.29) is 5.41 Å². The predicted octanol–water partition coefficient (Wildman–Crippen LogP) is 13.1. The molecule has 8 aromatic rings. The van der Waals surface area contributed by atoms with Crippen LogP contribution in [0.5, 0.6) is 5.75 Å². The fraction of sp³-hybridized carbons (Fsp3) is 0.0833. The van der Waals surface area contributed by atoms with Crippen LogP contribution in [0.3, 0.4) is 0 Å². The average Bonchev–Trinajstić information content (AvgIpc) is 3.73. The molecule has 7 aromatic carbocycles. The molecule has 0 radical (unpaired) electrons. The van der Waals surface area contributed by atoms with Crippen molar-refractivity contribution in [3.63, 3.8) is 0 Å². The number of oxazole rings is 1. The van der Waals surface area contributed by atoms with Crippen molar-refractivity contribution in [2.24, 2.45) is 4.99 Å². The van der Waals surface area contributed by atoms with Crippen molar-refractivity contribution in [3.05, 3.63) is 168 Å². The van der Waals surface area contributed by atoms with Crippen LogP contribution in [0.2, 0.25) is 0 Å². The van der Waals surface area contributed by atoms with E-state index in [0.29, 0.717) is 23.1 Å². The van der Waals surface area contributed by atoms with Gasteiger partial charge in [0.05, 0.1) is 0 Å². The highest BCUT2D eigenvalue weighted by atomic mass is 16.5. The van der Waals surface area contributed by atoms with E-state index in [2.05, 4.69) is 123 Å². The third kappa shape index (κ3) is 5.23. The van der Waals surface area contributed by atoms with Gasteiger partial charge < -0.3 is 9.15 Å². The van der Waals surface area contributed by atoms with Crippen molar-refractivity contribution in [1.82, 2.24) is 4.98 Å². The Hall–Kier alpha value is -6.52. The Labute approximate surface area is 303 Å². The Morgan fingerprint density at radius 3 is 2.29 bits per heavy atom. The van der Waals surface area contributed by atoms with Crippen molar-refractivity contribution in [2.45, 2.75) is 26.2 Å². The quantitative estimate of drug-likeness (QED) is 0.125. The van der Waals surface area contributed by atoms with Crippen molar-refractivity contribution in [3.8, 4) is 50.6 Å². The number of aromatic nitrogens is 1. The zero-order chi connectivity index (χ0) is 35.4. The van der Waals surface area contributed by atoms with Crippen molar-refractivity contribution in [2.75, 3.05) is 0 Å². The number of ether oxygens (including phenoxy) is 1. The summed E-state index contributed by atoms with van der Waals surface area (Å²) in [5.74, 6) is 1.87. The number of allylic oxidation sites excluding steroid dienone is 1. The van der Waals surface area contributed by atoms with E-state index >= 15 is 0 Å². The topological polar surface area (TPSA) is 47.6 Å². The number of para-hydroxylation sites is 4. The number of aliphatic imine (C=N–C) groups is 1. The summed E-state index contributed by atoms with van der Waals surface area (Å²) in [7, 11) is 0. The van der Waals surface area contributed by atoms with Gasteiger partial charge in [0.2, 0.25) is 5.89 Å². The molecule has 250 valence electrons. The molecular formula is C48H36N2O2. The van der Waals surface area contributed by atoms with Gasteiger partial charge in [-0.3, -0.25) is 4.99 Å². The Kier molecular flexibility index (Phi) is 7.48. The van der Waals surface area contributed by atoms with Gasteiger partial charge in [-0.15, -0.1) is 0 Å². The zero-order valence-electron chi connectivity index (χ0n) is 29.4. The molecule has 0 unspecified atom stereocenters. The summed E-state index contributed by atoms with van der Waals surface area (Å²) in [5.41, 5.74) is 13.7. The first kappa shape index (κ1) is 31.5. The van der Waals surface area contributed by atoms with E-state index in [0.717, 1.165) is 44.3 Å². The normalized spacial score (nSPS) is 13.2. The van der Waals surface area contributed by atoms with E-state index in [9.17, 15) is 0 Å². The molecule has 4 nitrogen and oxygen atoms in total. The lowest BCUT2D eigenvalue weighted by molar-refractivity contribution is 0.515. The second-order valence-corrected chi connectivity index (χ2v) is 13.8. The van der Waals surface area contributed by atoms with E-state index in [4.69, 9.17) is 14.1 Å². The molecular weight excluding hydrogens is 637 g/mol. The SMILES string of the molecule is C=Nc1ccccc1O/C(=C/C)c1cc(-c2nc3ccccc3o2)cc(-c2cc(-c3ccc4c(c3)C(C)(C)c3ccccc3-4)cc3ccccc23)c1. The molecule has 0 spiro atoms. The summed E-state index contributed by atoms with van der Waals surface area (Å²) in [4.78, 5) is 9.09. The third-order valence-corrected chi connectivity index (χ3v) is 10.4. The van der Waals surface area contributed by atoms with Gasteiger partial charge in [-0.25, -0.2) is 4.98 Å². The predicted molar refractivity (Wildman–Crippen MR) is 215 cm³/mol. The lowest BCUT2D eigenvalue weighted by atomic mass is 9.81.